The molecule has 35 heavy (non-hydrogen) atoms. The van der Waals surface area contributed by atoms with Gasteiger partial charge < -0.3 is 9.90 Å². The zero-order valence-corrected chi connectivity index (χ0v) is 19.2. The summed E-state index contributed by atoms with van der Waals surface area (Å²) in [6, 6.07) is 20.2. The Morgan fingerprint density at radius 3 is 2.63 bits per heavy atom. The van der Waals surface area contributed by atoms with Crippen LogP contribution in [-0.2, 0) is 6.42 Å². The molecule has 4 aromatic rings. The zero-order chi connectivity index (χ0) is 24.1. The van der Waals surface area contributed by atoms with Crippen LogP contribution in [0.15, 0.2) is 88.2 Å². The third-order valence-electron chi connectivity index (χ3n) is 6.48. The number of nitrogens with zero attached hydrogens (tertiary/aromatic N) is 2. The summed E-state index contributed by atoms with van der Waals surface area (Å²) in [5, 5.41) is 11.0. The second-order valence-corrected chi connectivity index (χ2v) is 9.59. The topological polar surface area (TPSA) is 74.5 Å². The summed E-state index contributed by atoms with van der Waals surface area (Å²) < 4.78 is 16.4. The van der Waals surface area contributed by atoms with Gasteiger partial charge in [-0.3, -0.25) is 9.36 Å². The fraction of sp³-hybridized carbons (Fsp3) is 0.107. The highest BCUT2D eigenvalue weighted by atomic mass is 32.1. The molecule has 1 aliphatic heterocycles. The lowest BCUT2D eigenvalue weighted by Gasteiger charge is -2.30. The van der Waals surface area contributed by atoms with Crippen LogP contribution < -0.4 is 20.0 Å². The molecule has 0 spiro atoms. The average molecular weight is 482 g/mol. The normalized spacial score (nSPS) is 16.8. The molecule has 0 saturated carbocycles. The van der Waals surface area contributed by atoms with Crippen molar-refractivity contribution in [1.29, 1.82) is 0 Å². The standard InChI is InChI=1S/C28H19FN2O3S/c29-20-6-3-5-19(15-20)25-22-13-12-17-4-1-2-7-21(17)24(22)30-28-31(25)26(32)23(35-28)14-16-8-10-18(11-9-16)27(33)34/h1-11,14-15,25H,12-13H2,(H,33,34)/p-1/b23-14-/t25-/m1/s1. The number of hydrogen-bond donors (Lipinski definition) is 0. The number of fused-ring (bicyclic) bond motifs is 3. The van der Waals surface area contributed by atoms with Crippen LogP contribution in [0.25, 0.3) is 11.8 Å². The highest BCUT2D eigenvalue weighted by Gasteiger charge is 2.32. The number of carbonyl (C=O) groups excluding carboxylic acids is 1. The molecule has 3 aromatic carbocycles. The molecular formula is C28H18FN2O3S-. The predicted molar refractivity (Wildman–Crippen MR) is 130 cm³/mol. The number of allylic oxidation sites excluding steroid dienone is 1. The van der Waals surface area contributed by atoms with Crippen LogP contribution in [0.4, 0.5) is 4.39 Å². The number of carboxylic acids is 1. The zero-order valence-electron chi connectivity index (χ0n) is 18.4. The first-order valence-electron chi connectivity index (χ1n) is 11.2. The molecule has 2 aliphatic rings. The summed E-state index contributed by atoms with van der Waals surface area (Å²) in [4.78, 5) is 30.2. The van der Waals surface area contributed by atoms with E-state index in [0.29, 0.717) is 20.5 Å². The first-order valence-corrected chi connectivity index (χ1v) is 12.0. The fourth-order valence-electron chi connectivity index (χ4n) is 4.87. The number of benzene rings is 3. The molecule has 5 nitrogen and oxygen atoms in total. The Morgan fingerprint density at radius 2 is 1.86 bits per heavy atom. The van der Waals surface area contributed by atoms with Crippen molar-refractivity contribution in [2.45, 2.75) is 18.9 Å². The molecular weight excluding hydrogens is 463 g/mol. The molecule has 2 heterocycles. The molecule has 0 saturated heterocycles. The number of carboxylic acid groups (broad SMARTS) is 1. The summed E-state index contributed by atoms with van der Waals surface area (Å²) in [5.41, 5.74) is 5.37. The van der Waals surface area contributed by atoms with Gasteiger partial charge >= 0.3 is 0 Å². The number of rotatable bonds is 3. The van der Waals surface area contributed by atoms with E-state index in [9.17, 15) is 19.1 Å². The fourth-order valence-corrected chi connectivity index (χ4v) is 5.87. The molecule has 1 atom stereocenters. The molecule has 0 radical (unpaired) electrons. The quantitative estimate of drug-likeness (QED) is 0.452. The summed E-state index contributed by atoms with van der Waals surface area (Å²) in [6.07, 6.45) is 3.28. The molecule has 7 heteroatoms. The summed E-state index contributed by atoms with van der Waals surface area (Å²) in [5.74, 6) is -1.61. The highest BCUT2D eigenvalue weighted by Crippen LogP contribution is 2.41. The molecule has 0 amide bonds. The Morgan fingerprint density at radius 1 is 1.06 bits per heavy atom. The maximum atomic E-state index is 14.3. The molecule has 1 aliphatic carbocycles. The molecule has 0 N–H and O–H groups in total. The maximum Gasteiger partial charge on any atom is 0.271 e. The number of thiazole rings is 1. The third-order valence-corrected chi connectivity index (χ3v) is 7.46. The van der Waals surface area contributed by atoms with Gasteiger partial charge in [-0.1, -0.05) is 72.0 Å². The van der Waals surface area contributed by atoms with E-state index >= 15 is 0 Å². The third kappa shape index (κ3) is 3.65. The smallest absolute Gasteiger partial charge is 0.271 e. The van der Waals surface area contributed by atoms with Crippen molar-refractivity contribution in [1.82, 2.24) is 4.57 Å². The van der Waals surface area contributed by atoms with Crippen LogP contribution in [0, 0.1) is 5.82 Å². The van der Waals surface area contributed by atoms with Crippen molar-refractivity contribution in [3.8, 4) is 0 Å². The minimum absolute atomic E-state index is 0.0704. The first-order chi connectivity index (χ1) is 17.0. The Balaban J connectivity index is 1.58. The van der Waals surface area contributed by atoms with E-state index in [1.165, 1.54) is 41.2 Å². The number of halogens is 1. The van der Waals surface area contributed by atoms with E-state index in [1.54, 1.807) is 28.8 Å². The van der Waals surface area contributed by atoms with E-state index in [4.69, 9.17) is 4.99 Å². The van der Waals surface area contributed by atoms with E-state index in [1.807, 2.05) is 24.3 Å². The predicted octanol–water partition coefficient (Wildman–Crippen LogP) is 2.82. The van der Waals surface area contributed by atoms with Gasteiger partial charge in [-0.15, -0.1) is 0 Å². The van der Waals surface area contributed by atoms with Crippen LogP contribution in [-0.4, -0.2) is 10.5 Å². The van der Waals surface area contributed by atoms with Crippen molar-refractivity contribution < 1.29 is 14.3 Å². The van der Waals surface area contributed by atoms with Crippen molar-refractivity contribution in [2.24, 2.45) is 4.99 Å². The minimum atomic E-state index is -1.25. The molecule has 6 rings (SSSR count). The summed E-state index contributed by atoms with van der Waals surface area (Å²) in [7, 11) is 0. The van der Waals surface area contributed by atoms with Gasteiger partial charge in [-0.2, -0.15) is 0 Å². The van der Waals surface area contributed by atoms with Gasteiger partial charge in [0.1, 0.15) is 5.82 Å². The van der Waals surface area contributed by atoms with E-state index in [0.717, 1.165) is 29.7 Å². The van der Waals surface area contributed by atoms with Crippen molar-refractivity contribution in [3.63, 3.8) is 0 Å². The average Bonchev–Trinajstić information content (AvgIpc) is 3.17. The van der Waals surface area contributed by atoms with Crippen molar-refractivity contribution in [2.75, 3.05) is 0 Å². The van der Waals surface area contributed by atoms with E-state index in [2.05, 4.69) is 6.07 Å². The SMILES string of the molecule is O=C([O-])c1ccc(/C=c2\sc3n(c2=O)[C@H](c2cccc(F)c2)C2=C(N=3)c3ccccc3CC2)cc1. The van der Waals surface area contributed by atoms with Crippen molar-refractivity contribution in [3.05, 3.63) is 132 Å². The van der Waals surface area contributed by atoms with Gasteiger partial charge in [-0.25, -0.2) is 9.38 Å². The van der Waals surface area contributed by atoms with Crippen LogP contribution in [0.5, 0.6) is 0 Å². The van der Waals surface area contributed by atoms with Crippen LogP contribution in [0.2, 0.25) is 0 Å². The molecule has 0 fully saturated rings. The summed E-state index contributed by atoms with van der Waals surface area (Å²) >= 11 is 1.27. The second kappa shape index (κ2) is 8.29. The summed E-state index contributed by atoms with van der Waals surface area (Å²) in [6.45, 7) is 0. The lowest BCUT2D eigenvalue weighted by atomic mass is 9.83. The number of hydrogen-bond acceptors (Lipinski definition) is 5. The molecule has 1 aromatic heterocycles. The van der Waals surface area contributed by atoms with Crippen molar-refractivity contribution >= 4 is 29.1 Å². The minimum Gasteiger partial charge on any atom is -0.545 e. The number of aromatic carboxylic acids is 1. The number of carbonyl (C=O) groups is 1. The second-order valence-electron chi connectivity index (χ2n) is 8.58. The first kappa shape index (κ1) is 21.4. The Kier molecular flexibility index (Phi) is 5.07. The van der Waals surface area contributed by atoms with Crippen LogP contribution in [0.1, 0.15) is 45.1 Å². The Labute approximate surface area is 203 Å². The van der Waals surface area contributed by atoms with Gasteiger partial charge in [0.15, 0.2) is 4.80 Å². The van der Waals surface area contributed by atoms with Crippen LogP contribution >= 0.6 is 11.3 Å². The molecule has 0 bridgehead atoms. The Hall–Kier alpha value is -4.10. The van der Waals surface area contributed by atoms with Gasteiger partial charge in [0.25, 0.3) is 5.56 Å². The number of aryl methyl sites for hydroxylation is 1. The number of aromatic nitrogens is 1. The van der Waals surface area contributed by atoms with Gasteiger partial charge in [-0.05, 0) is 58.9 Å². The van der Waals surface area contributed by atoms with Crippen LogP contribution in [0.3, 0.4) is 0 Å². The molecule has 0 unspecified atom stereocenters. The Bertz CT molecular complexity index is 1710. The molecule has 172 valence electrons. The highest BCUT2D eigenvalue weighted by molar-refractivity contribution is 7.07. The van der Waals surface area contributed by atoms with Gasteiger partial charge in [0.05, 0.1) is 22.2 Å². The lowest BCUT2D eigenvalue weighted by Crippen LogP contribution is -2.38. The van der Waals surface area contributed by atoms with Gasteiger partial charge in [0, 0.05) is 5.56 Å². The lowest BCUT2D eigenvalue weighted by molar-refractivity contribution is -0.255. The maximum absolute atomic E-state index is 14.3. The van der Waals surface area contributed by atoms with Gasteiger partial charge in [0.2, 0.25) is 0 Å². The monoisotopic (exact) mass is 481 g/mol. The van der Waals surface area contributed by atoms with E-state index in [-0.39, 0.29) is 16.9 Å². The van der Waals surface area contributed by atoms with E-state index < -0.39 is 12.0 Å². The largest absolute Gasteiger partial charge is 0.545 e.